The third-order valence-corrected chi connectivity index (χ3v) is 4.77. The molecule has 2 heterocycles. The van der Waals surface area contributed by atoms with E-state index < -0.39 is 0 Å². The van der Waals surface area contributed by atoms with Gasteiger partial charge in [0.1, 0.15) is 0 Å². The monoisotopic (exact) mass is 287 g/mol. The molecule has 0 bridgehead atoms. The van der Waals surface area contributed by atoms with Gasteiger partial charge in [0, 0.05) is 58.8 Å². The molecule has 3 rings (SSSR count). The molecule has 2 aliphatic rings. The lowest BCUT2D eigenvalue weighted by atomic mass is 10.2. The lowest BCUT2D eigenvalue weighted by Crippen LogP contribution is -2.52. The van der Waals surface area contributed by atoms with E-state index in [1.165, 1.54) is 18.5 Å². The molecular weight excluding hydrogens is 262 g/mol. The Morgan fingerprint density at radius 1 is 1.10 bits per heavy atom. The van der Waals surface area contributed by atoms with Gasteiger partial charge in [-0.2, -0.15) is 0 Å². The standard InChI is InChI=1S/C17H25N3O/c1-15(21)19-9-11-20(12-10-19)17-7-8-18(14-17)13-16-5-3-2-4-6-16/h2-6,17H,7-14H2,1H3. The summed E-state index contributed by atoms with van der Waals surface area (Å²) in [6.07, 6.45) is 1.26. The summed E-state index contributed by atoms with van der Waals surface area (Å²) < 4.78 is 0. The van der Waals surface area contributed by atoms with Gasteiger partial charge >= 0.3 is 0 Å². The average molecular weight is 287 g/mol. The van der Waals surface area contributed by atoms with E-state index in [1.54, 1.807) is 6.92 Å². The van der Waals surface area contributed by atoms with E-state index in [0.717, 1.165) is 39.3 Å². The molecule has 1 aromatic carbocycles. The van der Waals surface area contributed by atoms with Gasteiger partial charge in [0.25, 0.3) is 0 Å². The van der Waals surface area contributed by atoms with Crippen molar-refractivity contribution < 1.29 is 4.79 Å². The van der Waals surface area contributed by atoms with Crippen LogP contribution >= 0.6 is 0 Å². The van der Waals surface area contributed by atoms with E-state index in [1.807, 2.05) is 4.90 Å². The van der Waals surface area contributed by atoms with Crippen LogP contribution in [0.3, 0.4) is 0 Å². The van der Waals surface area contributed by atoms with Gasteiger partial charge in [-0.15, -0.1) is 0 Å². The van der Waals surface area contributed by atoms with Crippen molar-refractivity contribution in [2.45, 2.75) is 25.9 Å². The fraction of sp³-hybridized carbons (Fsp3) is 0.588. The van der Waals surface area contributed by atoms with Crippen molar-refractivity contribution in [2.75, 3.05) is 39.3 Å². The SMILES string of the molecule is CC(=O)N1CCN(C2CCN(Cc3ccccc3)C2)CC1. The van der Waals surface area contributed by atoms with E-state index in [4.69, 9.17) is 0 Å². The van der Waals surface area contributed by atoms with Crippen LogP contribution in [0.1, 0.15) is 18.9 Å². The number of piperazine rings is 1. The van der Waals surface area contributed by atoms with E-state index in [9.17, 15) is 4.79 Å². The summed E-state index contributed by atoms with van der Waals surface area (Å²) in [6.45, 7) is 8.93. The molecule has 0 saturated carbocycles. The van der Waals surface area contributed by atoms with Crippen molar-refractivity contribution in [1.29, 1.82) is 0 Å². The number of amides is 1. The zero-order chi connectivity index (χ0) is 14.7. The Morgan fingerprint density at radius 2 is 1.81 bits per heavy atom. The van der Waals surface area contributed by atoms with Crippen molar-refractivity contribution in [2.24, 2.45) is 0 Å². The number of hydrogen-bond acceptors (Lipinski definition) is 3. The van der Waals surface area contributed by atoms with E-state index in [0.29, 0.717) is 6.04 Å². The zero-order valence-electron chi connectivity index (χ0n) is 12.9. The maximum absolute atomic E-state index is 11.4. The zero-order valence-corrected chi connectivity index (χ0v) is 12.9. The van der Waals surface area contributed by atoms with Crippen molar-refractivity contribution in [1.82, 2.24) is 14.7 Å². The lowest BCUT2D eigenvalue weighted by molar-refractivity contribution is -0.130. The van der Waals surface area contributed by atoms with Gasteiger partial charge in [-0.1, -0.05) is 30.3 Å². The highest BCUT2D eigenvalue weighted by atomic mass is 16.2. The van der Waals surface area contributed by atoms with Crippen LogP contribution in [0.15, 0.2) is 30.3 Å². The van der Waals surface area contributed by atoms with Crippen molar-refractivity contribution in [3.63, 3.8) is 0 Å². The van der Waals surface area contributed by atoms with Crippen molar-refractivity contribution in [3.8, 4) is 0 Å². The first-order valence-corrected chi connectivity index (χ1v) is 7.98. The molecule has 1 aromatic rings. The number of carbonyl (C=O) groups excluding carboxylic acids is 1. The first-order valence-electron chi connectivity index (χ1n) is 7.98. The maximum Gasteiger partial charge on any atom is 0.219 e. The van der Waals surface area contributed by atoms with Crippen LogP contribution in [-0.4, -0.2) is 65.9 Å². The fourth-order valence-corrected chi connectivity index (χ4v) is 3.50. The number of rotatable bonds is 3. The van der Waals surface area contributed by atoms with Gasteiger partial charge in [-0.25, -0.2) is 0 Å². The van der Waals surface area contributed by atoms with E-state index in [2.05, 4.69) is 40.1 Å². The topological polar surface area (TPSA) is 26.8 Å². The van der Waals surface area contributed by atoms with Gasteiger partial charge in [-0.3, -0.25) is 14.6 Å². The molecule has 0 aliphatic carbocycles. The molecule has 4 nitrogen and oxygen atoms in total. The minimum Gasteiger partial charge on any atom is -0.340 e. The van der Waals surface area contributed by atoms with Gasteiger partial charge in [0.05, 0.1) is 0 Å². The molecule has 1 atom stereocenters. The molecule has 1 amide bonds. The van der Waals surface area contributed by atoms with Gasteiger partial charge in [0.15, 0.2) is 0 Å². The highest BCUT2D eigenvalue weighted by Gasteiger charge is 2.30. The second kappa shape index (κ2) is 6.58. The summed E-state index contributed by atoms with van der Waals surface area (Å²) >= 11 is 0. The van der Waals surface area contributed by atoms with Gasteiger partial charge in [0.2, 0.25) is 5.91 Å². The van der Waals surface area contributed by atoms with E-state index >= 15 is 0 Å². The van der Waals surface area contributed by atoms with Crippen molar-refractivity contribution >= 4 is 5.91 Å². The number of carbonyl (C=O) groups is 1. The number of benzene rings is 1. The molecule has 0 aromatic heterocycles. The minimum atomic E-state index is 0.215. The lowest BCUT2D eigenvalue weighted by Gasteiger charge is -2.37. The molecular formula is C17H25N3O. The summed E-state index contributed by atoms with van der Waals surface area (Å²) in [4.78, 5) is 18.5. The molecule has 2 aliphatic heterocycles. The summed E-state index contributed by atoms with van der Waals surface area (Å²) in [6, 6.07) is 11.4. The quantitative estimate of drug-likeness (QED) is 0.841. The number of nitrogens with zero attached hydrogens (tertiary/aromatic N) is 3. The molecule has 21 heavy (non-hydrogen) atoms. The van der Waals surface area contributed by atoms with Gasteiger partial charge in [-0.05, 0) is 12.0 Å². The van der Waals surface area contributed by atoms with E-state index in [-0.39, 0.29) is 5.91 Å². The predicted octanol–water partition coefficient (Wildman–Crippen LogP) is 1.42. The Morgan fingerprint density at radius 3 is 2.48 bits per heavy atom. The molecule has 0 radical (unpaired) electrons. The highest BCUT2D eigenvalue weighted by Crippen LogP contribution is 2.19. The van der Waals surface area contributed by atoms with Crippen LogP contribution in [0.5, 0.6) is 0 Å². The Labute approximate surface area is 127 Å². The first-order chi connectivity index (χ1) is 10.2. The minimum absolute atomic E-state index is 0.215. The third-order valence-electron chi connectivity index (χ3n) is 4.77. The second-order valence-electron chi connectivity index (χ2n) is 6.21. The predicted molar refractivity (Wildman–Crippen MR) is 84.0 cm³/mol. The molecule has 4 heteroatoms. The highest BCUT2D eigenvalue weighted by molar-refractivity contribution is 5.73. The van der Waals surface area contributed by atoms with Crippen LogP contribution in [0.4, 0.5) is 0 Å². The molecule has 0 spiro atoms. The van der Waals surface area contributed by atoms with Gasteiger partial charge < -0.3 is 4.90 Å². The molecule has 0 N–H and O–H groups in total. The van der Waals surface area contributed by atoms with Crippen LogP contribution in [-0.2, 0) is 11.3 Å². The Bertz CT molecular complexity index is 468. The average Bonchev–Trinajstić information content (AvgIpc) is 2.97. The smallest absolute Gasteiger partial charge is 0.219 e. The summed E-state index contributed by atoms with van der Waals surface area (Å²) in [7, 11) is 0. The fourth-order valence-electron chi connectivity index (χ4n) is 3.50. The Kier molecular flexibility index (Phi) is 4.56. The summed E-state index contributed by atoms with van der Waals surface area (Å²) in [5, 5.41) is 0. The Hall–Kier alpha value is -1.39. The van der Waals surface area contributed by atoms with Crippen LogP contribution in [0.2, 0.25) is 0 Å². The maximum atomic E-state index is 11.4. The summed E-state index contributed by atoms with van der Waals surface area (Å²) in [5.41, 5.74) is 1.40. The molecule has 114 valence electrons. The third kappa shape index (κ3) is 3.63. The second-order valence-corrected chi connectivity index (χ2v) is 6.21. The normalized spacial score (nSPS) is 24.4. The van der Waals surface area contributed by atoms with Crippen molar-refractivity contribution in [3.05, 3.63) is 35.9 Å². The first kappa shape index (κ1) is 14.5. The number of hydrogen-bond donors (Lipinski definition) is 0. The Balaban J connectivity index is 1.48. The molecule has 2 saturated heterocycles. The number of likely N-dealkylation sites (tertiary alicyclic amines) is 1. The molecule has 1 unspecified atom stereocenters. The van der Waals surface area contributed by atoms with Crippen LogP contribution < -0.4 is 0 Å². The largest absolute Gasteiger partial charge is 0.340 e. The molecule has 2 fully saturated rings. The van der Waals surface area contributed by atoms with Crippen LogP contribution in [0.25, 0.3) is 0 Å². The van der Waals surface area contributed by atoms with Crippen LogP contribution in [0, 0.1) is 0 Å². The summed E-state index contributed by atoms with van der Waals surface area (Å²) in [5.74, 6) is 0.215.